The lowest BCUT2D eigenvalue weighted by molar-refractivity contribution is -0.120. The van der Waals surface area contributed by atoms with E-state index in [4.69, 9.17) is 9.72 Å². The molecule has 0 bridgehead atoms. The molecule has 2 fully saturated rings. The molecule has 3 N–H and O–H groups in total. The van der Waals surface area contributed by atoms with Gasteiger partial charge in [0.05, 0.1) is 18.5 Å². The average molecular weight is 550 g/mol. The maximum Gasteiger partial charge on any atom is 0.251 e. The Balaban J connectivity index is 1.44. The van der Waals surface area contributed by atoms with E-state index in [9.17, 15) is 14.7 Å². The van der Waals surface area contributed by atoms with Crippen LogP contribution in [0.3, 0.4) is 0 Å². The van der Waals surface area contributed by atoms with Gasteiger partial charge < -0.3 is 35.2 Å². The van der Waals surface area contributed by atoms with E-state index in [2.05, 4.69) is 37.7 Å². The summed E-state index contributed by atoms with van der Waals surface area (Å²) in [5, 5.41) is 15.6. The quantitative estimate of drug-likeness (QED) is 0.410. The number of likely N-dealkylation sites (tertiary alicyclic amines) is 1. The second-order valence-corrected chi connectivity index (χ2v) is 10.5. The molecule has 11 nitrogen and oxygen atoms in total. The fourth-order valence-corrected chi connectivity index (χ4v) is 5.44. The first-order valence-electron chi connectivity index (χ1n) is 14.2. The summed E-state index contributed by atoms with van der Waals surface area (Å²) in [5.74, 6) is 1.41. The number of fused-ring (bicyclic) bond motifs is 1. The monoisotopic (exact) mass is 549 g/mol. The normalized spacial score (nSPS) is 19.6. The summed E-state index contributed by atoms with van der Waals surface area (Å²) in [6.45, 7) is 5.83. The summed E-state index contributed by atoms with van der Waals surface area (Å²) in [6.07, 6.45) is 10.4. The first kappa shape index (κ1) is 27.7. The average Bonchev–Trinajstić information content (AvgIpc) is 3.79. The van der Waals surface area contributed by atoms with Gasteiger partial charge in [-0.15, -0.1) is 0 Å². The van der Waals surface area contributed by atoms with E-state index in [1.807, 2.05) is 13.8 Å². The topological polar surface area (TPSA) is 123 Å². The number of hydrogen-bond donors (Lipinski definition) is 3. The molecule has 3 aliphatic rings. The van der Waals surface area contributed by atoms with Gasteiger partial charge in [-0.25, -0.2) is 4.98 Å². The highest BCUT2D eigenvalue weighted by molar-refractivity contribution is 6.04. The fraction of sp³-hybridized carbons (Fsp3) is 0.517. The van der Waals surface area contributed by atoms with Gasteiger partial charge in [0, 0.05) is 37.8 Å². The molecule has 40 heavy (non-hydrogen) atoms. The highest BCUT2D eigenvalue weighted by Crippen LogP contribution is 2.39. The van der Waals surface area contributed by atoms with Gasteiger partial charge in [0.2, 0.25) is 11.9 Å². The number of benzene rings is 1. The van der Waals surface area contributed by atoms with Crippen LogP contribution in [-0.2, 0) is 4.79 Å². The van der Waals surface area contributed by atoms with Crippen LogP contribution in [-0.4, -0.2) is 83.3 Å². The zero-order valence-corrected chi connectivity index (χ0v) is 23.5. The van der Waals surface area contributed by atoms with Gasteiger partial charge in [0.1, 0.15) is 24.1 Å². The van der Waals surface area contributed by atoms with Crippen LogP contribution in [0.2, 0.25) is 0 Å². The highest BCUT2D eigenvalue weighted by Gasteiger charge is 2.41. The Kier molecular flexibility index (Phi) is 8.39. The Morgan fingerprint density at radius 1 is 1.23 bits per heavy atom. The first-order valence-corrected chi connectivity index (χ1v) is 14.2. The molecule has 0 unspecified atom stereocenters. The van der Waals surface area contributed by atoms with Crippen molar-refractivity contribution >= 4 is 35.0 Å². The highest BCUT2D eigenvalue weighted by atomic mass is 16.5. The minimum Gasteiger partial charge on any atom is -0.489 e. The number of allylic oxidation sites excluding steroid dienone is 1. The Bertz CT molecular complexity index is 1260. The van der Waals surface area contributed by atoms with Crippen LogP contribution in [0.25, 0.3) is 0 Å². The van der Waals surface area contributed by atoms with Gasteiger partial charge in [-0.3, -0.25) is 9.59 Å². The molecular weight excluding hydrogens is 510 g/mol. The number of ether oxygens (including phenoxy) is 1. The number of amides is 2. The number of nitrogens with zero attached hydrogens (tertiary/aromatic N) is 5. The van der Waals surface area contributed by atoms with E-state index in [1.165, 1.54) is 0 Å². The van der Waals surface area contributed by atoms with Crippen molar-refractivity contribution in [1.29, 1.82) is 0 Å². The van der Waals surface area contributed by atoms with Crippen LogP contribution >= 0.6 is 0 Å². The molecule has 2 amide bonds. The van der Waals surface area contributed by atoms with Crippen molar-refractivity contribution in [2.45, 2.75) is 64.1 Å². The molecule has 214 valence electrons. The second-order valence-electron chi connectivity index (χ2n) is 10.5. The molecule has 1 aromatic heterocycles. The number of aliphatic hydroxyl groups excluding tert-OH is 1. The molecule has 2 aromatic rings. The lowest BCUT2D eigenvalue weighted by Crippen LogP contribution is -2.58. The van der Waals surface area contributed by atoms with Crippen LogP contribution in [0.1, 0.15) is 56.3 Å². The van der Waals surface area contributed by atoms with Gasteiger partial charge in [-0.2, -0.15) is 4.98 Å². The van der Waals surface area contributed by atoms with Crippen molar-refractivity contribution in [2.75, 3.05) is 48.5 Å². The molecule has 11 heteroatoms. The van der Waals surface area contributed by atoms with E-state index in [-0.39, 0.29) is 43.2 Å². The van der Waals surface area contributed by atoms with Gasteiger partial charge in [0.25, 0.3) is 5.91 Å². The van der Waals surface area contributed by atoms with Gasteiger partial charge in [0.15, 0.2) is 5.82 Å². The van der Waals surface area contributed by atoms with E-state index in [1.54, 1.807) is 36.3 Å². The summed E-state index contributed by atoms with van der Waals surface area (Å²) in [4.78, 5) is 41.6. The van der Waals surface area contributed by atoms with Crippen LogP contribution in [0.5, 0.6) is 5.75 Å². The standard InChI is InChI=1S/C29H39N7O4/c1-4-12-35-13-10-21(11-14-35)36-23(5-2)28(39)34(3)24-18-30-29(33-26(24)36)32-22-9-6-19(17-25(22)40-16-15-37)27(38)31-20-7-8-20/h4,6,9,12,17-18,20-21,23,37H,5,7-8,10-11,13-16H2,1-3H3,(H,31,38)(H,30,32,33)/t23-/m1/s1. The third-order valence-electron chi connectivity index (χ3n) is 7.70. The maximum atomic E-state index is 13.3. The van der Waals surface area contributed by atoms with Crippen LogP contribution in [0.15, 0.2) is 36.7 Å². The molecular formula is C29H39N7O4. The van der Waals surface area contributed by atoms with E-state index in [0.717, 1.165) is 44.6 Å². The maximum absolute atomic E-state index is 13.3. The van der Waals surface area contributed by atoms with Crippen molar-refractivity contribution in [1.82, 2.24) is 20.2 Å². The predicted octanol–water partition coefficient (Wildman–Crippen LogP) is 3.04. The molecule has 1 aliphatic carbocycles. The molecule has 1 saturated heterocycles. The molecule has 3 heterocycles. The number of anilines is 4. The number of aromatic nitrogens is 2. The molecule has 0 radical (unpaired) electrons. The summed E-state index contributed by atoms with van der Waals surface area (Å²) >= 11 is 0. The molecule has 2 aliphatic heterocycles. The summed E-state index contributed by atoms with van der Waals surface area (Å²) < 4.78 is 5.77. The number of nitrogens with one attached hydrogen (secondary N) is 2. The van der Waals surface area contributed by atoms with E-state index in [0.29, 0.717) is 35.1 Å². The van der Waals surface area contributed by atoms with Crippen molar-refractivity contribution < 1.29 is 19.4 Å². The number of aliphatic hydroxyl groups is 1. The molecule has 1 atom stereocenters. The van der Waals surface area contributed by atoms with Crippen LogP contribution < -0.4 is 25.2 Å². The molecule has 5 rings (SSSR count). The van der Waals surface area contributed by atoms with Crippen molar-refractivity contribution in [2.24, 2.45) is 0 Å². The van der Waals surface area contributed by atoms with Crippen molar-refractivity contribution in [3.8, 4) is 5.75 Å². The Labute approximate surface area is 235 Å². The number of piperidine rings is 1. The number of hydrogen-bond acceptors (Lipinski definition) is 9. The number of likely N-dealkylation sites (N-methyl/N-ethyl adjacent to an activating group) is 1. The predicted molar refractivity (Wildman–Crippen MR) is 154 cm³/mol. The Hall–Kier alpha value is -3.86. The number of carbonyl (C=O) groups excluding carboxylic acids is 2. The Morgan fingerprint density at radius 3 is 2.67 bits per heavy atom. The third kappa shape index (κ3) is 5.84. The lowest BCUT2D eigenvalue weighted by atomic mass is 9.97. The smallest absolute Gasteiger partial charge is 0.251 e. The van der Waals surface area contributed by atoms with Gasteiger partial charge in [-0.05, 0) is 63.4 Å². The molecule has 1 aromatic carbocycles. The van der Waals surface area contributed by atoms with Crippen LogP contribution in [0, 0.1) is 0 Å². The van der Waals surface area contributed by atoms with Crippen molar-refractivity contribution in [3.05, 3.63) is 42.2 Å². The molecule has 0 spiro atoms. The zero-order chi connectivity index (χ0) is 28.2. The van der Waals surface area contributed by atoms with E-state index < -0.39 is 0 Å². The number of rotatable bonds is 10. The van der Waals surface area contributed by atoms with Crippen LogP contribution in [0.4, 0.5) is 23.1 Å². The summed E-state index contributed by atoms with van der Waals surface area (Å²) in [6, 6.07) is 5.28. The largest absolute Gasteiger partial charge is 0.489 e. The third-order valence-corrected chi connectivity index (χ3v) is 7.70. The fourth-order valence-electron chi connectivity index (χ4n) is 5.44. The number of carbonyl (C=O) groups is 2. The van der Waals surface area contributed by atoms with Gasteiger partial charge in [-0.1, -0.05) is 13.0 Å². The Morgan fingerprint density at radius 2 is 2.00 bits per heavy atom. The lowest BCUT2D eigenvalue weighted by Gasteiger charge is -2.46. The first-order chi connectivity index (χ1) is 19.4. The zero-order valence-electron chi connectivity index (χ0n) is 23.5. The van der Waals surface area contributed by atoms with Gasteiger partial charge >= 0.3 is 0 Å². The second kappa shape index (κ2) is 12.1. The van der Waals surface area contributed by atoms with Crippen molar-refractivity contribution in [3.63, 3.8) is 0 Å². The molecule has 1 saturated carbocycles. The minimum absolute atomic E-state index is 0.0509. The summed E-state index contributed by atoms with van der Waals surface area (Å²) in [7, 11) is 1.78. The van der Waals surface area contributed by atoms with E-state index >= 15 is 0 Å². The minimum atomic E-state index is -0.300. The SMILES string of the molecule is CC=CN1CCC(N2c3nc(Nc4ccc(C(=O)NC5CC5)cc4OCCO)ncc3N(C)C(=O)[C@H]2CC)CC1. The summed E-state index contributed by atoms with van der Waals surface area (Å²) in [5.41, 5.74) is 1.74.